The summed E-state index contributed by atoms with van der Waals surface area (Å²) >= 11 is 0. The molecule has 0 spiro atoms. The smallest absolute Gasteiger partial charge is 0.223 e. The fourth-order valence-corrected chi connectivity index (χ4v) is 3.35. The number of hydrogen-bond donors (Lipinski definition) is 1. The Morgan fingerprint density at radius 2 is 2.00 bits per heavy atom. The third-order valence-electron chi connectivity index (χ3n) is 4.54. The molecule has 1 amide bonds. The molecule has 0 unspecified atom stereocenters. The SMILES string of the molecule is O=C1C[C@@H]2CCNC[C@H]2CCN1Cc1ccccc1. The zero-order valence-corrected chi connectivity index (χ0v) is 11.3. The molecular formula is C16H22N2O. The van der Waals surface area contributed by atoms with Gasteiger partial charge in [-0.1, -0.05) is 30.3 Å². The summed E-state index contributed by atoms with van der Waals surface area (Å²) in [6, 6.07) is 10.3. The van der Waals surface area contributed by atoms with Gasteiger partial charge in [-0.2, -0.15) is 0 Å². The van der Waals surface area contributed by atoms with Crippen molar-refractivity contribution in [2.24, 2.45) is 11.8 Å². The minimum atomic E-state index is 0.346. The lowest BCUT2D eigenvalue weighted by molar-refractivity contribution is -0.132. The maximum Gasteiger partial charge on any atom is 0.223 e. The molecule has 2 aliphatic heterocycles. The van der Waals surface area contributed by atoms with Gasteiger partial charge in [0.15, 0.2) is 0 Å². The Morgan fingerprint density at radius 1 is 1.16 bits per heavy atom. The van der Waals surface area contributed by atoms with Gasteiger partial charge in [-0.15, -0.1) is 0 Å². The van der Waals surface area contributed by atoms with E-state index < -0.39 is 0 Å². The largest absolute Gasteiger partial charge is 0.338 e. The number of amides is 1. The number of rotatable bonds is 2. The topological polar surface area (TPSA) is 32.3 Å². The number of carbonyl (C=O) groups is 1. The molecule has 2 saturated heterocycles. The molecule has 1 aromatic carbocycles. The number of hydrogen-bond acceptors (Lipinski definition) is 2. The third kappa shape index (κ3) is 2.98. The number of likely N-dealkylation sites (tertiary alicyclic amines) is 1. The Labute approximate surface area is 115 Å². The highest BCUT2D eigenvalue weighted by Crippen LogP contribution is 2.29. The van der Waals surface area contributed by atoms with E-state index in [4.69, 9.17) is 0 Å². The highest BCUT2D eigenvalue weighted by molar-refractivity contribution is 5.76. The van der Waals surface area contributed by atoms with Gasteiger partial charge in [-0.25, -0.2) is 0 Å². The molecule has 1 aromatic rings. The van der Waals surface area contributed by atoms with Crippen molar-refractivity contribution in [2.75, 3.05) is 19.6 Å². The zero-order chi connectivity index (χ0) is 13.1. The van der Waals surface area contributed by atoms with Gasteiger partial charge < -0.3 is 10.2 Å². The maximum absolute atomic E-state index is 12.4. The second-order valence-corrected chi connectivity index (χ2v) is 5.81. The van der Waals surface area contributed by atoms with Crippen molar-refractivity contribution in [2.45, 2.75) is 25.8 Å². The van der Waals surface area contributed by atoms with Gasteiger partial charge in [0.05, 0.1) is 0 Å². The number of nitrogens with zero attached hydrogens (tertiary/aromatic N) is 1. The van der Waals surface area contributed by atoms with E-state index in [9.17, 15) is 4.79 Å². The van der Waals surface area contributed by atoms with E-state index in [1.54, 1.807) is 0 Å². The molecule has 0 saturated carbocycles. The second-order valence-electron chi connectivity index (χ2n) is 5.81. The minimum absolute atomic E-state index is 0.346. The van der Waals surface area contributed by atoms with Gasteiger partial charge >= 0.3 is 0 Å². The molecule has 1 N–H and O–H groups in total. The Balaban J connectivity index is 1.67. The molecule has 2 fully saturated rings. The monoisotopic (exact) mass is 258 g/mol. The van der Waals surface area contributed by atoms with Crippen LogP contribution in [0.25, 0.3) is 0 Å². The molecule has 0 radical (unpaired) electrons. The van der Waals surface area contributed by atoms with Crippen LogP contribution < -0.4 is 5.32 Å². The first-order chi connectivity index (χ1) is 9.33. The molecule has 0 bridgehead atoms. The van der Waals surface area contributed by atoms with Crippen molar-refractivity contribution in [1.29, 1.82) is 0 Å². The van der Waals surface area contributed by atoms with Crippen LogP contribution in [0, 0.1) is 11.8 Å². The number of piperidine rings is 1. The molecule has 102 valence electrons. The van der Waals surface area contributed by atoms with Gasteiger partial charge in [0.1, 0.15) is 0 Å². The van der Waals surface area contributed by atoms with E-state index in [0.29, 0.717) is 17.7 Å². The number of carbonyl (C=O) groups excluding carboxylic acids is 1. The molecule has 2 aliphatic rings. The Hall–Kier alpha value is -1.35. The van der Waals surface area contributed by atoms with Crippen LogP contribution >= 0.6 is 0 Å². The first kappa shape index (κ1) is 12.7. The highest BCUT2D eigenvalue weighted by Gasteiger charge is 2.32. The molecule has 3 heteroatoms. The average Bonchev–Trinajstić information content (AvgIpc) is 2.60. The maximum atomic E-state index is 12.4. The van der Waals surface area contributed by atoms with E-state index in [0.717, 1.165) is 45.4 Å². The predicted molar refractivity (Wildman–Crippen MR) is 75.6 cm³/mol. The zero-order valence-electron chi connectivity index (χ0n) is 11.3. The lowest BCUT2D eigenvalue weighted by Gasteiger charge is -2.29. The standard InChI is InChI=1S/C16H22N2O/c19-16-10-14-6-8-17-11-15(14)7-9-18(16)12-13-4-2-1-3-5-13/h1-5,14-15,17H,6-12H2/t14-,15+/m0/s1. The van der Waals surface area contributed by atoms with Crippen molar-refractivity contribution in [3.8, 4) is 0 Å². The van der Waals surface area contributed by atoms with Crippen molar-refractivity contribution in [1.82, 2.24) is 10.2 Å². The quantitative estimate of drug-likeness (QED) is 0.880. The summed E-state index contributed by atoms with van der Waals surface area (Å²) in [5, 5.41) is 3.46. The van der Waals surface area contributed by atoms with Crippen molar-refractivity contribution < 1.29 is 4.79 Å². The summed E-state index contributed by atoms with van der Waals surface area (Å²) in [4.78, 5) is 14.4. The summed E-state index contributed by atoms with van der Waals surface area (Å²) in [5.41, 5.74) is 1.24. The fourth-order valence-electron chi connectivity index (χ4n) is 3.35. The molecule has 3 nitrogen and oxygen atoms in total. The summed E-state index contributed by atoms with van der Waals surface area (Å²) in [5.74, 6) is 1.64. The third-order valence-corrected chi connectivity index (χ3v) is 4.54. The van der Waals surface area contributed by atoms with E-state index in [-0.39, 0.29) is 0 Å². The predicted octanol–water partition coefficient (Wildman–Crippen LogP) is 2.03. The summed E-state index contributed by atoms with van der Waals surface area (Å²) in [6.45, 7) is 3.85. The Kier molecular flexibility index (Phi) is 3.83. The second kappa shape index (κ2) is 5.74. The van der Waals surface area contributed by atoms with Crippen LogP contribution in [0.1, 0.15) is 24.8 Å². The molecule has 0 aliphatic carbocycles. The molecule has 2 heterocycles. The fraction of sp³-hybridized carbons (Fsp3) is 0.562. The van der Waals surface area contributed by atoms with Gasteiger partial charge in [0, 0.05) is 19.5 Å². The minimum Gasteiger partial charge on any atom is -0.338 e. The molecular weight excluding hydrogens is 236 g/mol. The van der Waals surface area contributed by atoms with Gasteiger partial charge in [0.2, 0.25) is 5.91 Å². The Morgan fingerprint density at radius 3 is 2.84 bits per heavy atom. The van der Waals surface area contributed by atoms with Crippen LogP contribution in [0.5, 0.6) is 0 Å². The highest BCUT2D eigenvalue weighted by atomic mass is 16.2. The van der Waals surface area contributed by atoms with Crippen LogP contribution in [0.3, 0.4) is 0 Å². The van der Waals surface area contributed by atoms with Crippen molar-refractivity contribution in [3.63, 3.8) is 0 Å². The van der Waals surface area contributed by atoms with Crippen LogP contribution in [-0.4, -0.2) is 30.4 Å². The number of benzene rings is 1. The Bertz CT molecular complexity index is 432. The summed E-state index contributed by atoms with van der Waals surface area (Å²) in [6.07, 6.45) is 3.06. The summed E-state index contributed by atoms with van der Waals surface area (Å²) < 4.78 is 0. The first-order valence-electron chi connectivity index (χ1n) is 7.35. The normalized spacial score (nSPS) is 27.8. The van der Waals surface area contributed by atoms with Gasteiger partial charge in [-0.3, -0.25) is 4.79 Å². The van der Waals surface area contributed by atoms with E-state index >= 15 is 0 Å². The van der Waals surface area contributed by atoms with Crippen LogP contribution in [-0.2, 0) is 11.3 Å². The molecule has 19 heavy (non-hydrogen) atoms. The van der Waals surface area contributed by atoms with Crippen LogP contribution in [0.15, 0.2) is 30.3 Å². The van der Waals surface area contributed by atoms with E-state index in [2.05, 4.69) is 17.4 Å². The lowest BCUT2D eigenvalue weighted by Crippen LogP contribution is -2.36. The van der Waals surface area contributed by atoms with E-state index in [1.807, 2.05) is 23.1 Å². The molecule has 0 aromatic heterocycles. The molecule has 2 atom stereocenters. The lowest BCUT2D eigenvalue weighted by atomic mass is 9.83. The van der Waals surface area contributed by atoms with Crippen molar-refractivity contribution in [3.05, 3.63) is 35.9 Å². The summed E-state index contributed by atoms with van der Waals surface area (Å²) in [7, 11) is 0. The average molecular weight is 258 g/mol. The number of fused-ring (bicyclic) bond motifs is 1. The van der Waals surface area contributed by atoms with Gasteiger partial charge in [0.25, 0.3) is 0 Å². The van der Waals surface area contributed by atoms with E-state index in [1.165, 1.54) is 5.56 Å². The van der Waals surface area contributed by atoms with Crippen LogP contribution in [0.2, 0.25) is 0 Å². The molecule has 3 rings (SSSR count). The van der Waals surface area contributed by atoms with Gasteiger partial charge in [-0.05, 0) is 43.3 Å². The van der Waals surface area contributed by atoms with Crippen molar-refractivity contribution >= 4 is 5.91 Å². The number of nitrogens with one attached hydrogen (secondary N) is 1. The first-order valence-corrected chi connectivity index (χ1v) is 7.35. The van der Waals surface area contributed by atoms with Crippen LogP contribution in [0.4, 0.5) is 0 Å².